The van der Waals surface area contributed by atoms with Gasteiger partial charge in [0.05, 0.1) is 23.1 Å². The second-order valence-electron chi connectivity index (χ2n) is 12.2. The van der Waals surface area contributed by atoms with Crippen molar-refractivity contribution in [1.29, 1.82) is 0 Å². The molecular weight excluding hydrogens is 575 g/mol. The molecule has 4 atom stereocenters. The van der Waals surface area contributed by atoms with Crippen molar-refractivity contribution in [1.82, 2.24) is 19.9 Å². The summed E-state index contributed by atoms with van der Waals surface area (Å²) in [6.45, 7) is 3.45. The maximum atomic E-state index is 16.7. The van der Waals surface area contributed by atoms with Crippen LogP contribution in [0, 0.1) is 11.6 Å². The zero-order valence-electron chi connectivity index (χ0n) is 24.3. The fourth-order valence-corrected chi connectivity index (χ4v) is 7.31. The molecule has 3 fully saturated rings. The second-order valence-corrected chi connectivity index (χ2v) is 12.2. The SMILES string of the molecule is CCc1c(F)ccc2cc(O)cc(-c3ncc4c(N5CC[C@H](O)[C@@H](O)C5)nc(OC[C@@]56CCCN5C[C@H](F)C6)nc4c3F)c12. The van der Waals surface area contributed by atoms with E-state index in [9.17, 15) is 24.1 Å². The number of aromatic hydroxyl groups is 1. The van der Waals surface area contributed by atoms with Crippen molar-refractivity contribution in [2.24, 2.45) is 0 Å². The number of aromatic nitrogens is 3. The molecule has 12 heteroatoms. The zero-order valence-corrected chi connectivity index (χ0v) is 24.3. The van der Waals surface area contributed by atoms with Crippen molar-refractivity contribution >= 4 is 27.5 Å². The molecule has 4 aromatic rings. The van der Waals surface area contributed by atoms with Crippen molar-refractivity contribution in [3.63, 3.8) is 0 Å². The molecule has 0 spiro atoms. The largest absolute Gasteiger partial charge is 0.508 e. The lowest BCUT2D eigenvalue weighted by atomic mass is 9.94. The summed E-state index contributed by atoms with van der Waals surface area (Å²) < 4.78 is 52.1. The molecule has 3 saturated heterocycles. The Kier molecular flexibility index (Phi) is 7.25. The van der Waals surface area contributed by atoms with Crippen LogP contribution in [0.2, 0.25) is 0 Å². The molecule has 0 unspecified atom stereocenters. The molecule has 2 aromatic carbocycles. The van der Waals surface area contributed by atoms with Crippen LogP contribution in [0.3, 0.4) is 0 Å². The second kappa shape index (κ2) is 11.0. The van der Waals surface area contributed by atoms with Crippen LogP contribution in [0.5, 0.6) is 11.8 Å². The topological polar surface area (TPSA) is 115 Å². The lowest BCUT2D eigenvalue weighted by Gasteiger charge is -2.35. The highest BCUT2D eigenvalue weighted by atomic mass is 19.1. The van der Waals surface area contributed by atoms with E-state index in [1.54, 1.807) is 11.8 Å². The van der Waals surface area contributed by atoms with E-state index in [0.717, 1.165) is 19.4 Å². The van der Waals surface area contributed by atoms with Crippen LogP contribution in [0.15, 0.2) is 30.5 Å². The third kappa shape index (κ3) is 4.79. The third-order valence-electron chi connectivity index (χ3n) is 9.48. The van der Waals surface area contributed by atoms with Gasteiger partial charge >= 0.3 is 6.01 Å². The van der Waals surface area contributed by atoms with Crippen LogP contribution >= 0.6 is 0 Å². The minimum absolute atomic E-state index is 0.0493. The summed E-state index contributed by atoms with van der Waals surface area (Å²) in [4.78, 5) is 17.3. The number of phenols is 1. The first-order chi connectivity index (χ1) is 21.2. The molecule has 232 valence electrons. The number of β-amino-alcohol motifs (C(OH)–C–C–N with tert-alkyl or cyclic N) is 1. The smallest absolute Gasteiger partial charge is 0.319 e. The van der Waals surface area contributed by atoms with Crippen LogP contribution in [0.25, 0.3) is 32.9 Å². The summed E-state index contributed by atoms with van der Waals surface area (Å²) in [5.74, 6) is -1.09. The molecule has 3 aliphatic rings. The van der Waals surface area contributed by atoms with Gasteiger partial charge in [0.1, 0.15) is 41.4 Å². The van der Waals surface area contributed by atoms with E-state index in [1.807, 2.05) is 0 Å². The minimum Gasteiger partial charge on any atom is -0.508 e. The molecule has 5 heterocycles. The Balaban J connectivity index is 1.37. The average Bonchev–Trinajstić information content (AvgIpc) is 3.53. The molecule has 0 amide bonds. The van der Waals surface area contributed by atoms with E-state index in [-0.39, 0.29) is 59.3 Å². The first kappa shape index (κ1) is 29.0. The zero-order chi connectivity index (χ0) is 30.7. The van der Waals surface area contributed by atoms with Gasteiger partial charge in [0.15, 0.2) is 5.82 Å². The average molecular weight is 610 g/mol. The molecule has 0 bridgehead atoms. The standard InChI is InChI=1S/C32H34F3N5O4/c1-2-20-23(34)5-4-17-10-19(41)11-21(26(17)20)28-27(35)29-22(13-36-28)30(39-9-6-24(42)25(43)15-39)38-31(37-29)44-16-32-7-3-8-40(32)14-18(33)12-32/h4-5,10-11,13,18,24-25,41-43H,2-3,6-9,12,14-16H2,1H3/t18-,24+,25+,32+/m1/s1. The number of alkyl halides is 1. The van der Waals surface area contributed by atoms with Gasteiger partial charge in [-0.05, 0) is 66.8 Å². The number of hydrogen-bond donors (Lipinski definition) is 3. The van der Waals surface area contributed by atoms with Crippen LogP contribution in [-0.4, -0.2) is 91.9 Å². The molecule has 0 aliphatic carbocycles. The fourth-order valence-electron chi connectivity index (χ4n) is 7.31. The number of rotatable bonds is 6. The third-order valence-corrected chi connectivity index (χ3v) is 9.48. The summed E-state index contributed by atoms with van der Waals surface area (Å²) >= 11 is 0. The monoisotopic (exact) mass is 609 g/mol. The summed E-state index contributed by atoms with van der Waals surface area (Å²) in [6, 6.07) is 5.61. The number of benzene rings is 2. The Morgan fingerprint density at radius 2 is 1.93 bits per heavy atom. The summed E-state index contributed by atoms with van der Waals surface area (Å²) in [5, 5.41) is 32.3. The summed E-state index contributed by atoms with van der Waals surface area (Å²) in [7, 11) is 0. The van der Waals surface area contributed by atoms with Gasteiger partial charge in [-0.15, -0.1) is 0 Å². The maximum absolute atomic E-state index is 16.7. The van der Waals surface area contributed by atoms with Gasteiger partial charge in [0.2, 0.25) is 0 Å². The first-order valence-electron chi connectivity index (χ1n) is 15.1. The number of phenolic OH excluding ortho intramolecular Hbond substituents is 1. The van der Waals surface area contributed by atoms with E-state index in [2.05, 4.69) is 19.9 Å². The Morgan fingerprint density at radius 3 is 2.73 bits per heavy atom. The first-order valence-corrected chi connectivity index (χ1v) is 15.1. The van der Waals surface area contributed by atoms with Gasteiger partial charge in [-0.3, -0.25) is 9.88 Å². The van der Waals surface area contributed by atoms with Gasteiger partial charge in [0, 0.05) is 37.8 Å². The molecule has 44 heavy (non-hydrogen) atoms. The fraction of sp³-hybridized carbons (Fsp3) is 0.469. The summed E-state index contributed by atoms with van der Waals surface area (Å²) in [5.41, 5.74) is -0.116. The minimum atomic E-state index is -1.04. The van der Waals surface area contributed by atoms with Crippen LogP contribution < -0.4 is 9.64 Å². The number of anilines is 1. The Bertz CT molecular complexity index is 1760. The lowest BCUT2D eigenvalue weighted by Crippen LogP contribution is -2.47. The highest BCUT2D eigenvalue weighted by molar-refractivity contribution is 6.01. The van der Waals surface area contributed by atoms with E-state index in [1.165, 1.54) is 30.5 Å². The predicted molar refractivity (Wildman–Crippen MR) is 159 cm³/mol. The molecule has 2 aromatic heterocycles. The highest BCUT2D eigenvalue weighted by Crippen LogP contribution is 2.42. The molecule has 0 saturated carbocycles. The van der Waals surface area contributed by atoms with E-state index < -0.39 is 35.6 Å². The van der Waals surface area contributed by atoms with Crippen LogP contribution in [0.4, 0.5) is 19.0 Å². The van der Waals surface area contributed by atoms with Crippen molar-refractivity contribution < 1.29 is 33.2 Å². The Labute approximate surface area is 251 Å². The number of aryl methyl sites for hydroxylation is 1. The number of pyridine rings is 1. The number of aliphatic hydroxyl groups is 2. The maximum Gasteiger partial charge on any atom is 0.319 e. The molecule has 0 radical (unpaired) electrons. The number of hydrogen-bond acceptors (Lipinski definition) is 9. The molecule has 3 aliphatic heterocycles. The van der Waals surface area contributed by atoms with E-state index in [4.69, 9.17) is 4.74 Å². The van der Waals surface area contributed by atoms with Gasteiger partial charge < -0.3 is 25.0 Å². The quantitative estimate of drug-likeness (QED) is 0.295. The summed E-state index contributed by atoms with van der Waals surface area (Å²) in [6.07, 6.45) is 1.18. The lowest BCUT2D eigenvalue weighted by molar-refractivity contribution is 0.00788. The number of ether oxygens (including phenoxy) is 1. The Morgan fingerprint density at radius 1 is 1.09 bits per heavy atom. The van der Waals surface area contributed by atoms with Crippen molar-refractivity contribution in [3.8, 4) is 23.0 Å². The van der Waals surface area contributed by atoms with E-state index in [0.29, 0.717) is 42.3 Å². The number of halogens is 3. The predicted octanol–water partition coefficient (Wildman–Crippen LogP) is 4.28. The number of aliphatic hydroxyl groups excluding tert-OH is 2. The molecule has 9 nitrogen and oxygen atoms in total. The van der Waals surface area contributed by atoms with Crippen molar-refractivity contribution in [3.05, 3.63) is 47.7 Å². The van der Waals surface area contributed by atoms with Gasteiger partial charge in [-0.1, -0.05) is 13.0 Å². The van der Waals surface area contributed by atoms with Gasteiger partial charge in [-0.25, -0.2) is 13.2 Å². The normalized spacial score (nSPS) is 25.7. The number of nitrogens with zero attached hydrogens (tertiary/aromatic N) is 5. The molecule has 3 N–H and O–H groups in total. The highest BCUT2D eigenvalue weighted by Gasteiger charge is 2.49. The van der Waals surface area contributed by atoms with E-state index >= 15 is 4.39 Å². The van der Waals surface area contributed by atoms with Gasteiger partial charge in [-0.2, -0.15) is 9.97 Å². The van der Waals surface area contributed by atoms with Crippen molar-refractivity contribution in [2.45, 2.75) is 62.9 Å². The van der Waals surface area contributed by atoms with Gasteiger partial charge in [0.25, 0.3) is 0 Å². The van der Waals surface area contributed by atoms with Crippen LogP contribution in [-0.2, 0) is 6.42 Å². The number of fused-ring (bicyclic) bond motifs is 3. The number of piperidine rings is 1. The Hall–Kier alpha value is -3.74. The van der Waals surface area contributed by atoms with Crippen molar-refractivity contribution in [2.75, 3.05) is 37.7 Å². The molecule has 7 rings (SSSR count). The molecular formula is C32H34F3N5O4. The van der Waals surface area contributed by atoms with Crippen LogP contribution in [0.1, 0.15) is 38.2 Å².